The summed E-state index contributed by atoms with van der Waals surface area (Å²) in [5.74, 6) is 0. The van der Waals surface area contributed by atoms with Crippen LogP contribution in [0.15, 0.2) is 24.3 Å². The lowest BCUT2D eigenvalue weighted by Crippen LogP contribution is -2.08. The SMILES string of the molecule is CCCC(C)OCc1cccc(CNC)c1. The smallest absolute Gasteiger partial charge is 0.0720 e. The van der Waals surface area contributed by atoms with E-state index >= 15 is 0 Å². The molecule has 0 heterocycles. The maximum atomic E-state index is 5.78. The van der Waals surface area contributed by atoms with Gasteiger partial charge in [0.15, 0.2) is 0 Å². The molecule has 0 aliphatic carbocycles. The van der Waals surface area contributed by atoms with Crippen LogP contribution in [0.2, 0.25) is 0 Å². The molecule has 0 bridgehead atoms. The van der Waals surface area contributed by atoms with Crippen LogP contribution in [0.4, 0.5) is 0 Å². The fourth-order valence-electron chi connectivity index (χ4n) is 1.76. The van der Waals surface area contributed by atoms with E-state index in [0.29, 0.717) is 6.10 Å². The molecule has 0 spiro atoms. The second-order valence-corrected chi connectivity index (χ2v) is 4.26. The molecule has 0 aliphatic heterocycles. The van der Waals surface area contributed by atoms with Gasteiger partial charge in [0, 0.05) is 6.54 Å². The first-order chi connectivity index (χ1) is 7.76. The average molecular weight is 221 g/mol. The first-order valence-corrected chi connectivity index (χ1v) is 6.10. The van der Waals surface area contributed by atoms with Gasteiger partial charge >= 0.3 is 0 Å². The highest BCUT2D eigenvalue weighted by Crippen LogP contribution is 2.09. The summed E-state index contributed by atoms with van der Waals surface area (Å²) in [5.41, 5.74) is 2.57. The molecule has 2 nitrogen and oxygen atoms in total. The Hall–Kier alpha value is -0.860. The maximum absolute atomic E-state index is 5.78. The number of benzene rings is 1. The van der Waals surface area contributed by atoms with Gasteiger partial charge in [-0.3, -0.25) is 0 Å². The van der Waals surface area contributed by atoms with Gasteiger partial charge in [-0.05, 0) is 31.5 Å². The average Bonchev–Trinajstić information content (AvgIpc) is 2.28. The zero-order valence-corrected chi connectivity index (χ0v) is 10.6. The molecule has 0 aromatic heterocycles. The Balaban J connectivity index is 2.44. The molecule has 0 radical (unpaired) electrons. The van der Waals surface area contributed by atoms with Crippen molar-refractivity contribution >= 4 is 0 Å². The first-order valence-electron chi connectivity index (χ1n) is 6.10. The van der Waals surface area contributed by atoms with E-state index in [1.807, 2.05) is 7.05 Å². The van der Waals surface area contributed by atoms with Gasteiger partial charge in [-0.2, -0.15) is 0 Å². The molecule has 0 saturated heterocycles. The van der Waals surface area contributed by atoms with Gasteiger partial charge < -0.3 is 10.1 Å². The van der Waals surface area contributed by atoms with E-state index in [4.69, 9.17) is 4.74 Å². The number of ether oxygens (including phenoxy) is 1. The highest BCUT2D eigenvalue weighted by molar-refractivity contribution is 5.22. The lowest BCUT2D eigenvalue weighted by Gasteiger charge is -2.12. The van der Waals surface area contributed by atoms with Gasteiger partial charge in [-0.1, -0.05) is 37.6 Å². The molecular formula is C14H23NO. The van der Waals surface area contributed by atoms with Crippen molar-refractivity contribution in [2.24, 2.45) is 0 Å². The van der Waals surface area contributed by atoms with Crippen LogP contribution in [0.3, 0.4) is 0 Å². The lowest BCUT2D eigenvalue weighted by atomic mass is 10.1. The van der Waals surface area contributed by atoms with E-state index in [9.17, 15) is 0 Å². The number of hydrogen-bond donors (Lipinski definition) is 1. The fourth-order valence-corrected chi connectivity index (χ4v) is 1.76. The van der Waals surface area contributed by atoms with Crippen molar-refractivity contribution in [1.82, 2.24) is 5.32 Å². The molecule has 0 aliphatic rings. The molecule has 1 unspecified atom stereocenters. The van der Waals surface area contributed by atoms with E-state index in [1.54, 1.807) is 0 Å². The second-order valence-electron chi connectivity index (χ2n) is 4.26. The Morgan fingerprint density at radius 2 is 2.06 bits per heavy atom. The van der Waals surface area contributed by atoms with Crippen molar-refractivity contribution in [3.05, 3.63) is 35.4 Å². The Bertz CT molecular complexity index is 299. The van der Waals surface area contributed by atoms with E-state index in [0.717, 1.165) is 19.6 Å². The minimum Gasteiger partial charge on any atom is -0.374 e. The maximum Gasteiger partial charge on any atom is 0.0720 e. The molecular weight excluding hydrogens is 198 g/mol. The third kappa shape index (κ3) is 4.77. The van der Waals surface area contributed by atoms with Crippen LogP contribution in [0, 0.1) is 0 Å². The highest BCUT2D eigenvalue weighted by atomic mass is 16.5. The normalized spacial score (nSPS) is 12.7. The van der Waals surface area contributed by atoms with Crippen LogP contribution in [-0.4, -0.2) is 13.2 Å². The lowest BCUT2D eigenvalue weighted by molar-refractivity contribution is 0.0471. The predicted molar refractivity (Wildman–Crippen MR) is 68.4 cm³/mol. The standard InChI is InChI=1S/C14H23NO/c1-4-6-12(2)16-11-14-8-5-7-13(9-14)10-15-3/h5,7-9,12,15H,4,6,10-11H2,1-3H3. The van der Waals surface area contributed by atoms with Gasteiger partial charge in [-0.15, -0.1) is 0 Å². The quantitative estimate of drug-likeness (QED) is 0.764. The molecule has 1 atom stereocenters. The third-order valence-corrected chi connectivity index (χ3v) is 2.60. The summed E-state index contributed by atoms with van der Waals surface area (Å²) in [6.07, 6.45) is 2.68. The van der Waals surface area contributed by atoms with Crippen LogP contribution < -0.4 is 5.32 Å². The van der Waals surface area contributed by atoms with Crippen molar-refractivity contribution in [1.29, 1.82) is 0 Å². The molecule has 1 aromatic carbocycles. The Morgan fingerprint density at radius 1 is 1.31 bits per heavy atom. The van der Waals surface area contributed by atoms with E-state index in [2.05, 4.69) is 43.4 Å². The molecule has 1 aromatic rings. The summed E-state index contributed by atoms with van der Waals surface area (Å²) in [6.45, 7) is 5.96. The van der Waals surface area contributed by atoms with Gasteiger partial charge in [0.1, 0.15) is 0 Å². The van der Waals surface area contributed by atoms with Crippen molar-refractivity contribution in [3.63, 3.8) is 0 Å². The molecule has 90 valence electrons. The number of rotatable bonds is 7. The minimum absolute atomic E-state index is 0.359. The number of hydrogen-bond acceptors (Lipinski definition) is 2. The van der Waals surface area contributed by atoms with Crippen molar-refractivity contribution in [3.8, 4) is 0 Å². The summed E-state index contributed by atoms with van der Waals surface area (Å²) in [4.78, 5) is 0. The van der Waals surface area contributed by atoms with Crippen LogP contribution in [0.5, 0.6) is 0 Å². The van der Waals surface area contributed by atoms with Crippen molar-refractivity contribution < 1.29 is 4.74 Å². The summed E-state index contributed by atoms with van der Waals surface area (Å²) < 4.78 is 5.78. The molecule has 0 fully saturated rings. The molecule has 1 rings (SSSR count). The topological polar surface area (TPSA) is 21.3 Å². The largest absolute Gasteiger partial charge is 0.374 e. The van der Waals surface area contributed by atoms with Gasteiger partial charge in [0.2, 0.25) is 0 Å². The van der Waals surface area contributed by atoms with Crippen molar-refractivity contribution in [2.45, 2.75) is 45.9 Å². The minimum atomic E-state index is 0.359. The van der Waals surface area contributed by atoms with E-state index < -0.39 is 0 Å². The summed E-state index contributed by atoms with van der Waals surface area (Å²) in [7, 11) is 1.96. The second kappa shape index (κ2) is 7.42. The Kier molecular flexibility index (Phi) is 6.12. The third-order valence-electron chi connectivity index (χ3n) is 2.60. The Labute approximate surface area is 99.0 Å². The summed E-state index contributed by atoms with van der Waals surface area (Å²) in [6, 6.07) is 8.55. The molecule has 0 amide bonds. The molecule has 0 saturated carbocycles. The monoisotopic (exact) mass is 221 g/mol. The zero-order chi connectivity index (χ0) is 11.8. The molecule has 16 heavy (non-hydrogen) atoms. The summed E-state index contributed by atoms with van der Waals surface area (Å²) >= 11 is 0. The zero-order valence-electron chi connectivity index (χ0n) is 10.6. The fraction of sp³-hybridized carbons (Fsp3) is 0.571. The van der Waals surface area contributed by atoms with Crippen molar-refractivity contribution in [2.75, 3.05) is 7.05 Å². The van der Waals surface area contributed by atoms with Crippen LogP contribution in [0.25, 0.3) is 0 Å². The van der Waals surface area contributed by atoms with E-state index in [-0.39, 0.29) is 0 Å². The molecule has 1 N–H and O–H groups in total. The predicted octanol–water partition coefficient (Wildman–Crippen LogP) is 3.11. The van der Waals surface area contributed by atoms with Gasteiger partial charge in [0.25, 0.3) is 0 Å². The van der Waals surface area contributed by atoms with Gasteiger partial charge in [0.05, 0.1) is 12.7 Å². The number of nitrogens with one attached hydrogen (secondary N) is 1. The highest BCUT2D eigenvalue weighted by Gasteiger charge is 2.01. The van der Waals surface area contributed by atoms with Crippen LogP contribution >= 0.6 is 0 Å². The van der Waals surface area contributed by atoms with Crippen LogP contribution in [0.1, 0.15) is 37.8 Å². The van der Waals surface area contributed by atoms with Gasteiger partial charge in [-0.25, -0.2) is 0 Å². The first kappa shape index (κ1) is 13.2. The summed E-state index contributed by atoms with van der Waals surface area (Å²) in [5, 5.41) is 3.16. The van der Waals surface area contributed by atoms with Crippen LogP contribution in [-0.2, 0) is 17.9 Å². The van der Waals surface area contributed by atoms with E-state index in [1.165, 1.54) is 17.5 Å². The molecule has 2 heteroatoms. The Morgan fingerprint density at radius 3 is 2.75 bits per heavy atom.